The van der Waals surface area contributed by atoms with Crippen molar-refractivity contribution in [3.05, 3.63) is 16.4 Å². The van der Waals surface area contributed by atoms with Crippen LogP contribution in [0.15, 0.2) is 10.7 Å². The molecule has 4 nitrogen and oxygen atoms in total. The van der Waals surface area contributed by atoms with Crippen LogP contribution in [0, 0.1) is 0 Å². The summed E-state index contributed by atoms with van der Waals surface area (Å²) in [6, 6.07) is 0. The molecule has 2 rings (SSSR count). The van der Waals surface area contributed by atoms with E-state index in [9.17, 15) is 4.79 Å². The first-order valence-corrected chi connectivity index (χ1v) is 4.51. The average molecular weight is 244 g/mol. The molecule has 0 N–H and O–H groups in total. The Bertz CT molecular complexity index is 353. The molecule has 13 heavy (non-hydrogen) atoms. The van der Waals surface area contributed by atoms with Crippen molar-refractivity contribution in [3.8, 4) is 11.5 Å². The normalized spacial score (nSPS) is 13.9. The third kappa shape index (κ3) is 1.39. The Morgan fingerprint density at radius 2 is 2.23 bits per heavy atom. The summed E-state index contributed by atoms with van der Waals surface area (Å²) >= 11 is 3.23. The van der Waals surface area contributed by atoms with Crippen molar-refractivity contribution in [2.45, 2.75) is 0 Å². The molecule has 0 bridgehead atoms. The van der Waals surface area contributed by atoms with Crippen molar-refractivity contribution in [3.63, 3.8) is 0 Å². The Balaban J connectivity index is 2.54. The van der Waals surface area contributed by atoms with Crippen molar-refractivity contribution >= 4 is 22.2 Å². The van der Waals surface area contributed by atoms with Gasteiger partial charge < -0.3 is 9.47 Å². The van der Waals surface area contributed by atoms with Crippen LogP contribution in [-0.4, -0.2) is 24.5 Å². The van der Waals surface area contributed by atoms with Crippen LogP contribution in [0.3, 0.4) is 0 Å². The highest BCUT2D eigenvalue weighted by atomic mass is 79.9. The van der Waals surface area contributed by atoms with E-state index >= 15 is 0 Å². The molecule has 5 heteroatoms. The number of hydrogen-bond donors (Lipinski definition) is 0. The number of carbonyl (C=O) groups excluding carboxylic acids is 1. The monoisotopic (exact) mass is 243 g/mol. The molecule has 0 unspecified atom stereocenters. The predicted octanol–water partition coefficient (Wildman–Crippen LogP) is 1.43. The first-order valence-electron chi connectivity index (χ1n) is 3.72. The minimum atomic E-state index is 0.323. The standard InChI is InChI=1S/C8H6BrNO3/c9-7-5(4-11)10-3-6-8(7)13-2-1-12-6/h3-4H,1-2H2. The molecule has 1 aliphatic rings. The second kappa shape index (κ2) is 3.33. The molecule has 1 aromatic heterocycles. The number of ether oxygens (including phenoxy) is 2. The molecule has 2 heterocycles. The molecule has 0 saturated carbocycles. The van der Waals surface area contributed by atoms with E-state index in [-0.39, 0.29) is 0 Å². The summed E-state index contributed by atoms with van der Waals surface area (Å²) in [6.45, 7) is 1.01. The van der Waals surface area contributed by atoms with Crippen molar-refractivity contribution in [1.29, 1.82) is 0 Å². The van der Waals surface area contributed by atoms with Crippen LogP contribution in [0.4, 0.5) is 0 Å². The third-order valence-electron chi connectivity index (χ3n) is 1.67. The van der Waals surface area contributed by atoms with E-state index < -0.39 is 0 Å². The minimum absolute atomic E-state index is 0.323. The van der Waals surface area contributed by atoms with Gasteiger partial charge in [0.05, 0.1) is 10.7 Å². The zero-order valence-corrected chi connectivity index (χ0v) is 8.20. The van der Waals surface area contributed by atoms with Crippen LogP contribution in [0.5, 0.6) is 11.5 Å². The highest BCUT2D eigenvalue weighted by molar-refractivity contribution is 9.10. The molecule has 0 aromatic carbocycles. The van der Waals surface area contributed by atoms with E-state index in [0.29, 0.717) is 41.2 Å². The number of nitrogens with zero attached hydrogens (tertiary/aromatic N) is 1. The molecule has 68 valence electrons. The molecule has 0 saturated heterocycles. The molecule has 0 atom stereocenters. The van der Waals surface area contributed by atoms with E-state index in [2.05, 4.69) is 20.9 Å². The number of halogens is 1. The number of aldehydes is 1. The second-order valence-electron chi connectivity index (χ2n) is 2.47. The maximum Gasteiger partial charge on any atom is 0.180 e. The fourth-order valence-corrected chi connectivity index (χ4v) is 1.59. The number of carbonyl (C=O) groups is 1. The summed E-state index contributed by atoms with van der Waals surface area (Å²) in [5.74, 6) is 1.13. The lowest BCUT2D eigenvalue weighted by Gasteiger charge is -2.19. The van der Waals surface area contributed by atoms with Gasteiger partial charge in [-0.15, -0.1) is 0 Å². The molecule has 0 fully saturated rings. The Kier molecular flexibility index (Phi) is 2.18. The SMILES string of the molecule is O=Cc1ncc2c(c1Br)OCCO2. The molecule has 0 radical (unpaired) electrons. The topological polar surface area (TPSA) is 48.4 Å². The van der Waals surface area contributed by atoms with Gasteiger partial charge >= 0.3 is 0 Å². The van der Waals surface area contributed by atoms with Crippen LogP contribution >= 0.6 is 15.9 Å². The number of hydrogen-bond acceptors (Lipinski definition) is 4. The summed E-state index contributed by atoms with van der Waals surface area (Å²) in [7, 11) is 0. The van der Waals surface area contributed by atoms with Crippen LogP contribution in [0.25, 0.3) is 0 Å². The lowest BCUT2D eigenvalue weighted by molar-refractivity contribution is 0.111. The molecule has 0 amide bonds. The van der Waals surface area contributed by atoms with E-state index in [0.717, 1.165) is 0 Å². The lowest BCUT2D eigenvalue weighted by atomic mass is 10.3. The molecule has 1 aliphatic heterocycles. The van der Waals surface area contributed by atoms with Gasteiger partial charge in [0.2, 0.25) is 0 Å². The second-order valence-corrected chi connectivity index (χ2v) is 3.26. The molecule has 0 spiro atoms. The molecule has 1 aromatic rings. The predicted molar refractivity (Wildman–Crippen MR) is 48.3 cm³/mol. The fraction of sp³-hybridized carbons (Fsp3) is 0.250. The quantitative estimate of drug-likeness (QED) is 0.701. The van der Waals surface area contributed by atoms with Crippen molar-refractivity contribution in [2.75, 3.05) is 13.2 Å². The largest absolute Gasteiger partial charge is 0.485 e. The minimum Gasteiger partial charge on any atom is -0.485 e. The van der Waals surface area contributed by atoms with Crippen molar-refractivity contribution in [2.24, 2.45) is 0 Å². The number of pyridine rings is 1. The van der Waals surface area contributed by atoms with Gasteiger partial charge in [0, 0.05) is 0 Å². The maximum atomic E-state index is 10.5. The smallest absolute Gasteiger partial charge is 0.180 e. The summed E-state index contributed by atoms with van der Waals surface area (Å²) in [5.41, 5.74) is 0.323. The summed E-state index contributed by atoms with van der Waals surface area (Å²) in [5, 5.41) is 0. The highest BCUT2D eigenvalue weighted by Crippen LogP contribution is 2.37. The number of rotatable bonds is 1. The lowest BCUT2D eigenvalue weighted by Crippen LogP contribution is -2.16. The van der Waals surface area contributed by atoms with Crippen LogP contribution in [0.2, 0.25) is 0 Å². The van der Waals surface area contributed by atoms with Gasteiger partial charge in [0.25, 0.3) is 0 Å². The Hall–Kier alpha value is -1.10. The van der Waals surface area contributed by atoms with Gasteiger partial charge in [-0.05, 0) is 15.9 Å². The Labute approximate surface area is 83.0 Å². The van der Waals surface area contributed by atoms with Gasteiger partial charge in [-0.3, -0.25) is 4.79 Å². The van der Waals surface area contributed by atoms with Gasteiger partial charge in [-0.2, -0.15) is 0 Å². The van der Waals surface area contributed by atoms with Crippen LogP contribution in [0.1, 0.15) is 10.5 Å². The van der Waals surface area contributed by atoms with Gasteiger partial charge in [0.1, 0.15) is 18.9 Å². The third-order valence-corrected chi connectivity index (χ3v) is 2.43. The maximum absolute atomic E-state index is 10.5. The molecular formula is C8H6BrNO3. The molecule has 0 aliphatic carbocycles. The summed E-state index contributed by atoms with van der Waals surface area (Å²) < 4.78 is 11.2. The summed E-state index contributed by atoms with van der Waals surface area (Å²) in [4.78, 5) is 14.4. The van der Waals surface area contributed by atoms with E-state index in [1.165, 1.54) is 6.20 Å². The zero-order valence-electron chi connectivity index (χ0n) is 6.62. The van der Waals surface area contributed by atoms with Gasteiger partial charge in [0.15, 0.2) is 17.8 Å². The fourth-order valence-electron chi connectivity index (χ4n) is 1.08. The van der Waals surface area contributed by atoms with Gasteiger partial charge in [-0.1, -0.05) is 0 Å². The number of aromatic nitrogens is 1. The van der Waals surface area contributed by atoms with Gasteiger partial charge in [-0.25, -0.2) is 4.98 Å². The first kappa shape index (κ1) is 8.50. The first-order chi connectivity index (χ1) is 6.33. The summed E-state index contributed by atoms with van der Waals surface area (Å²) in [6.07, 6.45) is 2.16. The zero-order chi connectivity index (χ0) is 9.26. The molecular weight excluding hydrogens is 238 g/mol. The number of fused-ring (bicyclic) bond motifs is 1. The van der Waals surface area contributed by atoms with E-state index in [1.807, 2.05) is 0 Å². The van der Waals surface area contributed by atoms with E-state index in [4.69, 9.17) is 9.47 Å². The Morgan fingerprint density at radius 1 is 1.46 bits per heavy atom. The van der Waals surface area contributed by atoms with E-state index in [1.54, 1.807) is 0 Å². The highest BCUT2D eigenvalue weighted by Gasteiger charge is 2.18. The van der Waals surface area contributed by atoms with Crippen molar-refractivity contribution in [1.82, 2.24) is 4.98 Å². The van der Waals surface area contributed by atoms with Crippen LogP contribution in [-0.2, 0) is 0 Å². The van der Waals surface area contributed by atoms with Crippen LogP contribution < -0.4 is 9.47 Å². The Morgan fingerprint density at radius 3 is 3.00 bits per heavy atom. The average Bonchev–Trinajstić information content (AvgIpc) is 2.19. The van der Waals surface area contributed by atoms with Crippen molar-refractivity contribution < 1.29 is 14.3 Å².